The number of amides is 2. The first-order valence-corrected chi connectivity index (χ1v) is 7.82. The van der Waals surface area contributed by atoms with Gasteiger partial charge in [-0.15, -0.1) is 0 Å². The zero-order valence-electron chi connectivity index (χ0n) is 13.7. The molecule has 124 valence electrons. The van der Waals surface area contributed by atoms with E-state index >= 15 is 0 Å². The Morgan fingerprint density at radius 1 is 1.33 bits per heavy atom. The molecule has 2 amide bonds. The monoisotopic (exact) mass is 325 g/mol. The first kappa shape index (κ1) is 16.0. The number of pyridine rings is 1. The van der Waals surface area contributed by atoms with E-state index in [2.05, 4.69) is 10.3 Å². The normalized spacial score (nSPS) is 17.0. The number of nitrogens with one attached hydrogen (secondary N) is 1. The van der Waals surface area contributed by atoms with Crippen LogP contribution in [0.1, 0.15) is 30.1 Å². The predicted octanol–water partition coefficient (Wildman–Crippen LogP) is 2.86. The molecule has 0 saturated carbocycles. The summed E-state index contributed by atoms with van der Waals surface area (Å²) in [6.07, 6.45) is 2.94. The summed E-state index contributed by atoms with van der Waals surface area (Å²) in [5.41, 5.74) is 1.90. The number of methoxy groups -OCH3 is 1. The van der Waals surface area contributed by atoms with Crippen molar-refractivity contribution in [2.24, 2.45) is 0 Å². The molecule has 1 aliphatic rings. The number of carbonyl (C=O) groups excluding carboxylic acids is 2. The van der Waals surface area contributed by atoms with Crippen molar-refractivity contribution < 1.29 is 14.3 Å². The molecule has 0 radical (unpaired) electrons. The third kappa shape index (κ3) is 3.22. The minimum absolute atomic E-state index is 0.116. The fourth-order valence-corrected chi connectivity index (χ4v) is 2.83. The summed E-state index contributed by atoms with van der Waals surface area (Å²) in [6, 6.07) is 10.7. The van der Waals surface area contributed by atoms with E-state index in [-0.39, 0.29) is 17.9 Å². The van der Waals surface area contributed by atoms with Gasteiger partial charge in [-0.25, -0.2) is 4.98 Å². The Morgan fingerprint density at radius 3 is 2.88 bits per heavy atom. The molecule has 0 bridgehead atoms. The lowest BCUT2D eigenvalue weighted by Gasteiger charge is -2.22. The second-order valence-corrected chi connectivity index (χ2v) is 5.74. The largest absolute Gasteiger partial charge is 0.481 e. The number of benzene rings is 1. The topological polar surface area (TPSA) is 71.5 Å². The van der Waals surface area contributed by atoms with Gasteiger partial charge in [-0.1, -0.05) is 6.07 Å². The van der Waals surface area contributed by atoms with Gasteiger partial charge < -0.3 is 15.0 Å². The highest BCUT2D eigenvalue weighted by molar-refractivity contribution is 6.05. The molecule has 0 spiro atoms. The molecule has 3 rings (SSSR count). The molecular weight excluding hydrogens is 306 g/mol. The minimum atomic E-state index is -0.256. The molecule has 1 aliphatic heterocycles. The van der Waals surface area contributed by atoms with Crippen molar-refractivity contribution in [2.45, 2.75) is 25.8 Å². The number of anilines is 2. The molecule has 6 nitrogen and oxygen atoms in total. The number of rotatable bonds is 4. The lowest BCUT2D eigenvalue weighted by molar-refractivity contribution is -0.117. The van der Waals surface area contributed by atoms with Crippen LogP contribution in [0.15, 0.2) is 42.6 Å². The van der Waals surface area contributed by atoms with Crippen molar-refractivity contribution in [1.82, 2.24) is 4.98 Å². The Kier molecular flexibility index (Phi) is 4.46. The Hall–Kier alpha value is -2.89. The summed E-state index contributed by atoms with van der Waals surface area (Å²) in [5.74, 6) is 0.242. The number of ether oxygens (including phenoxy) is 1. The highest BCUT2D eigenvalue weighted by Gasteiger charge is 2.28. The molecule has 2 aromatic rings. The van der Waals surface area contributed by atoms with Gasteiger partial charge >= 0.3 is 0 Å². The maximum Gasteiger partial charge on any atom is 0.255 e. The molecule has 1 N–H and O–H groups in total. The van der Waals surface area contributed by atoms with Crippen molar-refractivity contribution in [3.05, 3.63) is 48.2 Å². The maximum absolute atomic E-state index is 12.4. The van der Waals surface area contributed by atoms with Crippen LogP contribution in [-0.4, -0.2) is 29.9 Å². The third-order valence-corrected chi connectivity index (χ3v) is 4.07. The molecule has 1 saturated heterocycles. The van der Waals surface area contributed by atoms with Crippen LogP contribution in [0.2, 0.25) is 0 Å². The van der Waals surface area contributed by atoms with Crippen molar-refractivity contribution in [2.75, 3.05) is 17.3 Å². The summed E-state index contributed by atoms with van der Waals surface area (Å²) in [4.78, 5) is 30.2. The van der Waals surface area contributed by atoms with Crippen LogP contribution in [0.3, 0.4) is 0 Å². The van der Waals surface area contributed by atoms with E-state index in [0.717, 1.165) is 12.1 Å². The summed E-state index contributed by atoms with van der Waals surface area (Å²) in [6.45, 7) is 2.03. The number of nitrogens with zero attached hydrogens (tertiary/aromatic N) is 2. The first-order chi connectivity index (χ1) is 11.6. The summed E-state index contributed by atoms with van der Waals surface area (Å²) in [7, 11) is 1.50. The zero-order chi connectivity index (χ0) is 17.1. The van der Waals surface area contributed by atoms with Crippen LogP contribution < -0.4 is 15.0 Å². The van der Waals surface area contributed by atoms with E-state index < -0.39 is 0 Å². The Morgan fingerprint density at radius 2 is 2.17 bits per heavy atom. The minimum Gasteiger partial charge on any atom is -0.481 e. The van der Waals surface area contributed by atoms with Crippen molar-refractivity contribution in [3.8, 4) is 5.88 Å². The maximum atomic E-state index is 12.4. The van der Waals surface area contributed by atoms with Gasteiger partial charge in [0, 0.05) is 41.7 Å². The lowest BCUT2D eigenvalue weighted by atomic mass is 10.2. The summed E-state index contributed by atoms with van der Waals surface area (Å²) >= 11 is 0. The molecule has 1 aromatic heterocycles. The molecule has 1 fully saturated rings. The average molecular weight is 325 g/mol. The molecule has 2 heterocycles. The van der Waals surface area contributed by atoms with E-state index in [1.807, 2.05) is 25.1 Å². The van der Waals surface area contributed by atoms with Crippen LogP contribution in [0, 0.1) is 0 Å². The smallest absolute Gasteiger partial charge is 0.255 e. The number of hydrogen-bond donors (Lipinski definition) is 1. The fourth-order valence-electron chi connectivity index (χ4n) is 2.83. The molecule has 1 aromatic carbocycles. The Labute approximate surface area is 140 Å². The van der Waals surface area contributed by atoms with E-state index in [9.17, 15) is 9.59 Å². The Bertz CT molecular complexity index is 776. The van der Waals surface area contributed by atoms with E-state index in [0.29, 0.717) is 23.6 Å². The van der Waals surface area contributed by atoms with E-state index in [4.69, 9.17) is 4.74 Å². The molecule has 1 atom stereocenters. The Balaban J connectivity index is 1.79. The van der Waals surface area contributed by atoms with Gasteiger partial charge in [-0.2, -0.15) is 0 Å². The van der Waals surface area contributed by atoms with Gasteiger partial charge in [-0.3, -0.25) is 9.59 Å². The zero-order valence-corrected chi connectivity index (χ0v) is 13.7. The van der Waals surface area contributed by atoms with E-state index in [1.54, 1.807) is 23.1 Å². The van der Waals surface area contributed by atoms with Gasteiger partial charge in [0.15, 0.2) is 0 Å². The van der Waals surface area contributed by atoms with Gasteiger partial charge in [0.05, 0.1) is 7.11 Å². The highest BCUT2D eigenvalue weighted by atomic mass is 16.5. The van der Waals surface area contributed by atoms with Gasteiger partial charge in [0.2, 0.25) is 11.8 Å². The van der Waals surface area contributed by atoms with Crippen LogP contribution in [-0.2, 0) is 4.79 Å². The lowest BCUT2D eigenvalue weighted by Crippen LogP contribution is -2.30. The van der Waals surface area contributed by atoms with Crippen molar-refractivity contribution >= 4 is 23.2 Å². The van der Waals surface area contributed by atoms with Crippen LogP contribution in [0.5, 0.6) is 5.88 Å². The third-order valence-electron chi connectivity index (χ3n) is 4.07. The highest BCUT2D eigenvalue weighted by Crippen LogP contribution is 2.28. The molecule has 6 heteroatoms. The second-order valence-electron chi connectivity index (χ2n) is 5.74. The fraction of sp³-hybridized carbons (Fsp3) is 0.278. The van der Waals surface area contributed by atoms with Crippen LogP contribution in [0.4, 0.5) is 11.4 Å². The quantitative estimate of drug-likeness (QED) is 0.938. The molecule has 1 unspecified atom stereocenters. The van der Waals surface area contributed by atoms with Gasteiger partial charge in [-0.05, 0) is 37.6 Å². The first-order valence-electron chi connectivity index (χ1n) is 7.82. The van der Waals surface area contributed by atoms with Crippen LogP contribution >= 0.6 is 0 Å². The predicted molar refractivity (Wildman–Crippen MR) is 91.4 cm³/mol. The number of hydrogen-bond acceptors (Lipinski definition) is 4. The van der Waals surface area contributed by atoms with Crippen LogP contribution in [0.25, 0.3) is 0 Å². The van der Waals surface area contributed by atoms with Crippen molar-refractivity contribution in [3.63, 3.8) is 0 Å². The molecule has 0 aliphatic carbocycles. The van der Waals surface area contributed by atoms with Gasteiger partial charge in [0.1, 0.15) is 0 Å². The number of carbonyl (C=O) groups is 2. The van der Waals surface area contributed by atoms with E-state index in [1.165, 1.54) is 13.3 Å². The molecular formula is C18H19N3O3. The molecule has 24 heavy (non-hydrogen) atoms. The second kappa shape index (κ2) is 6.70. The van der Waals surface area contributed by atoms with Crippen molar-refractivity contribution in [1.29, 1.82) is 0 Å². The summed E-state index contributed by atoms with van der Waals surface area (Å²) in [5, 5.41) is 2.84. The SMILES string of the molecule is COc1cc(C(=O)Nc2cccc(N3C(=O)CCC3C)c2)ccn1. The average Bonchev–Trinajstić information content (AvgIpc) is 2.93. The standard InChI is InChI=1S/C18H19N3O3/c1-12-6-7-17(22)21(12)15-5-3-4-14(11-15)20-18(23)13-8-9-19-16(10-13)24-2/h3-5,8-12H,6-7H2,1-2H3,(H,20,23). The number of aromatic nitrogens is 1. The van der Waals surface area contributed by atoms with Gasteiger partial charge in [0.25, 0.3) is 5.91 Å². The summed E-state index contributed by atoms with van der Waals surface area (Å²) < 4.78 is 5.03.